The minimum absolute atomic E-state index is 0.563. The van der Waals surface area contributed by atoms with Crippen LogP contribution >= 0.6 is 0 Å². The fourth-order valence-electron chi connectivity index (χ4n) is 2.41. The molecule has 0 aliphatic carbocycles. The van der Waals surface area contributed by atoms with E-state index < -0.39 is 5.60 Å². The van der Waals surface area contributed by atoms with E-state index in [1.807, 2.05) is 13.8 Å². The van der Waals surface area contributed by atoms with Gasteiger partial charge in [0.1, 0.15) is 0 Å². The van der Waals surface area contributed by atoms with Crippen LogP contribution < -0.4 is 5.32 Å². The summed E-state index contributed by atoms with van der Waals surface area (Å²) in [4.78, 5) is 0. The van der Waals surface area contributed by atoms with Crippen LogP contribution in [0.1, 0.15) is 48.9 Å². The molecule has 2 heteroatoms. The molecule has 1 aromatic rings. The predicted molar refractivity (Wildman–Crippen MR) is 77.9 cm³/mol. The van der Waals surface area contributed by atoms with Gasteiger partial charge in [-0.15, -0.1) is 0 Å². The predicted octanol–water partition coefficient (Wildman–Crippen LogP) is 3.25. The van der Waals surface area contributed by atoms with E-state index in [0.29, 0.717) is 6.54 Å². The lowest BCUT2D eigenvalue weighted by Gasteiger charge is -2.26. The first-order chi connectivity index (χ1) is 8.41. The molecule has 0 atom stereocenters. The molecular weight excluding hydrogens is 222 g/mol. The lowest BCUT2D eigenvalue weighted by molar-refractivity contribution is 0.0323. The number of hydrogen-bond donors (Lipinski definition) is 2. The normalized spacial score (nSPS) is 11.9. The fourth-order valence-corrected chi connectivity index (χ4v) is 2.41. The summed E-state index contributed by atoms with van der Waals surface area (Å²) in [7, 11) is 0. The molecule has 18 heavy (non-hydrogen) atoms. The number of benzene rings is 1. The zero-order valence-corrected chi connectivity index (χ0v) is 12.4. The molecule has 102 valence electrons. The summed E-state index contributed by atoms with van der Waals surface area (Å²) in [6, 6.07) is 4.44. The minimum atomic E-state index is -0.563. The van der Waals surface area contributed by atoms with Crippen molar-refractivity contribution in [3.05, 3.63) is 34.4 Å². The zero-order valence-electron chi connectivity index (χ0n) is 12.4. The van der Waals surface area contributed by atoms with Crippen molar-refractivity contribution in [2.24, 2.45) is 0 Å². The second-order valence-electron chi connectivity index (χ2n) is 5.41. The van der Waals surface area contributed by atoms with Crippen molar-refractivity contribution in [1.29, 1.82) is 0 Å². The molecule has 0 heterocycles. The van der Waals surface area contributed by atoms with Gasteiger partial charge in [0.05, 0.1) is 5.60 Å². The molecule has 0 spiro atoms. The number of nitrogens with one attached hydrogen (secondary N) is 1. The van der Waals surface area contributed by atoms with Crippen molar-refractivity contribution >= 4 is 0 Å². The molecule has 1 aromatic carbocycles. The fraction of sp³-hybridized carbons (Fsp3) is 0.625. The lowest BCUT2D eigenvalue weighted by Crippen LogP contribution is -2.39. The van der Waals surface area contributed by atoms with Crippen molar-refractivity contribution in [3.63, 3.8) is 0 Å². The van der Waals surface area contributed by atoms with Gasteiger partial charge in [-0.25, -0.2) is 0 Å². The third-order valence-electron chi connectivity index (χ3n) is 3.91. The Morgan fingerprint density at radius 1 is 1.06 bits per heavy atom. The number of hydrogen-bond acceptors (Lipinski definition) is 2. The smallest absolute Gasteiger partial charge is 0.0766 e. The van der Waals surface area contributed by atoms with Crippen molar-refractivity contribution in [1.82, 2.24) is 5.32 Å². The monoisotopic (exact) mass is 249 g/mol. The summed E-state index contributed by atoms with van der Waals surface area (Å²) in [5.74, 6) is 0. The van der Waals surface area contributed by atoms with Gasteiger partial charge in [0.2, 0.25) is 0 Å². The first kappa shape index (κ1) is 15.2. The Kier molecular flexibility index (Phi) is 5.36. The van der Waals surface area contributed by atoms with Crippen LogP contribution in [0.2, 0.25) is 0 Å². The van der Waals surface area contributed by atoms with E-state index in [-0.39, 0.29) is 0 Å². The minimum Gasteiger partial charge on any atom is -0.389 e. The summed E-state index contributed by atoms with van der Waals surface area (Å²) >= 11 is 0. The summed E-state index contributed by atoms with van der Waals surface area (Å²) < 4.78 is 0. The molecule has 0 unspecified atom stereocenters. The van der Waals surface area contributed by atoms with Gasteiger partial charge in [-0.05, 0) is 50.3 Å². The van der Waals surface area contributed by atoms with E-state index >= 15 is 0 Å². The molecule has 2 N–H and O–H groups in total. The average molecular weight is 249 g/mol. The first-order valence-electron chi connectivity index (χ1n) is 6.91. The van der Waals surface area contributed by atoms with Gasteiger partial charge in [0.25, 0.3) is 0 Å². The Hall–Kier alpha value is -0.860. The van der Waals surface area contributed by atoms with Crippen LogP contribution in [-0.4, -0.2) is 17.3 Å². The van der Waals surface area contributed by atoms with E-state index in [1.165, 1.54) is 22.3 Å². The largest absolute Gasteiger partial charge is 0.389 e. The maximum absolute atomic E-state index is 10.2. The molecule has 1 rings (SSSR count). The van der Waals surface area contributed by atoms with Crippen molar-refractivity contribution in [3.8, 4) is 0 Å². The Bertz CT molecular complexity index is 371. The van der Waals surface area contributed by atoms with Gasteiger partial charge in [-0.3, -0.25) is 0 Å². The number of rotatable bonds is 6. The molecular formula is C16H27NO. The van der Waals surface area contributed by atoms with Crippen LogP contribution in [0.25, 0.3) is 0 Å². The standard InChI is InChI=1S/C16H27NO/c1-6-16(18,7-2)11-17-10-15-13(4)8-12(3)9-14(15)5/h8-9,17-18H,6-7,10-11H2,1-5H3. The summed E-state index contributed by atoms with van der Waals surface area (Å²) in [6.07, 6.45) is 1.59. The molecule has 0 saturated carbocycles. The van der Waals surface area contributed by atoms with Crippen molar-refractivity contribution in [2.75, 3.05) is 6.54 Å². The van der Waals surface area contributed by atoms with E-state index in [0.717, 1.165) is 19.4 Å². The summed E-state index contributed by atoms with van der Waals surface area (Å²) in [6.45, 7) is 12.0. The van der Waals surface area contributed by atoms with Crippen molar-refractivity contribution < 1.29 is 5.11 Å². The average Bonchev–Trinajstić information content (AvgIpc) is 2.32. The molecule has 0 bridgehead atoms. The highest BCUT2D eigenvalue weighted by atomic mass is 16.3. The van der Waals surface area contributed by atoms with E-state index in [9.17, 15) is 5.11 Å². The topological polar surface area (TPSA) is 32.3 Å². The summed E-state index contributed by atoms with van der Waals surface area (Å²) in [5.41, 5.74) is 4.77. The van der Waals surface area contributed by atoms with Gasteiger partial charge < -0.3 is 10.4 Å². The molecule has 2 nitrogen and oxygen atoms in total. The quantitative estimate of drug-likeness (QED) is 0.811. The zero-order chi connectivity index (χ0) is 13.8. The van der Waals surface area contributed by atoms with Gasteiger partial charge in [0, 0.05) is 13.1 Å². The van der Waals surface area contributed by atoms with Crippen LogP contribution in [0.5, 0.6) is 0 Å². The Morgan fingerprint density at radius 2 is 1.56 bits per heavy atom. The van der Waals surface area contributed by atoms with Crippen LogP contribution in [0.4, 0.5) is 0 Å². The number of aliphatic hydroxyl groups is 1. The highest BCUT2D eigenvalue weighted by Gasteiger charge is 2.21. The van der Waals surface area contributed by atoms with E-state index in [1.54, 1.807) is 0 Å². The molecule has 0 aromatic heterocycles. The van der Waals surface area contributed by atoms with Gasteiger partial charge >= 0.3 is 0 Å². The second-order valence-corrected chi connectivity index (χ2v) is 5.41. The summed E-state index contributed by atoms with van der Waals surface area (Å²) in [5, 5.41) is 13.6. The lowest BCUT2D eigenvalue weighted by atomic mass is 9.96. The highest BCUT2D eigenvalue weighted by Crippen LogP contribution is 2.17. The molecule has 0 aliphatic heterocycles. The van der Waals surface area contributed by atoms with Crippen LogP contribution in [0, 0.1) is 20.8 Å². The number of aryl methyl sites for hydroxylation is 3. The van der Waals surface area contributed by atoms with E-state index in [4.69, 9.17) is 0 Å². The van der Waals surface area contributed by atoms with Crippen LogP contribution in [0.15, 0.2) is 12.1 Å². The Balaban J connectivity index is 2.65. The third-order valence-corrected chi connectivity index (χ3v) is 3.91. The maximum atomic E-state index is 10.2. The maximum Gasteiger partial charge on any atom is 0.0766 e. The molecule has 0 saturated heterocycles. The Morgan fingerprint density at radius 3 is 2.00 bits per heavy atom. The molecule has 0 aliphatic rings. The van der Waals surface area contributed by atoms with Crippen molar-refractivity contribution in [2.45, 2.75) is 59.6 Å². The third kappa shape index (κ3) is 3.82. The first-order valence-corrected chi connectivity index (χ1v) is 6.91. The van der Waals surface area contributed by atoms with Gasteiger partial charge in [0.15, 0.2) is 0 Å². The van der Waals surface area contributed by atoms with Crippen LogP contribution in [-0.2, 0) is 6.54 Å². The molecule has 0 radical (unpaired) electrons. The Labute approximate surface area is 111 Å². The SMILES string of the molecule is CCC(O)(CC)CNCc1c(C)cc(C)cc1C. The molecule has 0 fully saturated rings. The molecule has 0 amide bonds. The van der Waals surface area contributed by atoms with Crippen LogP contribution in [0.3, 0.4) is 0 Å². The van der Waals surface area contributed by atoms with Gasteiger partial charge in [-0.1, -0.05) is 31.5 Å². The second kappa shape index (κ2) is 6.35. The van der Waals surface area contributed by atoms with E-state index in [2.05, 4.69) is 38.2 Å². The highest BCUT2D eigenvalue weighted by molar-refractivity contribution is 5.37. The van der Waals surface area contributed by atoms with Gasteiger partial charge in [-0.2, -0.15) is 0 Å².